The number of rotatable bonds is 5. The van der Waals surface area contributed by atoms with Crippen molar-refractivity contribution in [1.29, 1.82) is 0 Å². The van der Waals surface area contributed by atoms with Gasteiger partial charge in [0.15, 0.2) is 11.5 Å². The van der Waals surface area contributed by atoms with Crippen LogP contribution >= 0.6 is 15.9 Å². The number of nitrogens with two attached hydrogens (primary N) is 1. The molecule has 0 saturated carbocycles. The van der Waals surface area contributed by atoms with Gasteiger partial charge in [0.25, 0.3) is 0 Å². The summed E-state index contributed by atoms with van der Waals surface area (Å²) in [5, 5.41) is 5.21. The maximum Gasteiger partial charge on any atom is 0.238 e. The van der Waals surface area contributed by atoms with E-state index in [0.717, 1.165) is 34.3 Å². The predicted molar refractivity (Wildman–Crippen MR) is 99.8 cm³/mol. The maximum absolute atomic E-state index is 11.5. The van der Waals surface area contributed by atoms with Crippen LogP contribution in [0.2, 0.25) is 0 Å². The quantitative estimate of drug-likeness (QED) is 0.794. The van der Waals surface area contributed by atoms with Crippen LogP contribution in [-0.2, 0) is 23.0 Å². The van der Waals surface area contributed by atoms with Gasteiger partial charge in [-0.25, -0.2) is 13.6 Å². The fraction of sp³-hybridized carbons (Fsp3) is 0.294. The summed E-state index contributed by atoms with van der Waals surface area (Å²) in [6.07, 6.45) is 0.781. The third kappa shape index (κ3) is 3.47. The van der Waals surface area contributed by atoms with Crippen molar-refractivity contribution in [3.05, 3.63) is 45.9 Å². The van der Waals surface area contributed by atoms with Crippen LogP contribution in [0, 0.1) is 0 Å². The zero-order chi connectivity index (χ0) is 18.2. The Labute approximate surface area is 155 Å². The van der Waals surface area contributed by atoms with E-state index in [0.29, 0.717) is 18.0 Å². The van der Waals surface area contributed by atoms with Crippen LogP contribution in [0.1, 0.15) is 11.1 Å². The Bertz CT molecular complexity index is 915. The van der Waals surface area contributed by atoms with E-state index in [1.165, 1.54) is 0 Å². The molecule has 1 heterocycles. The highest BCUT2D eigenvalue weighted by Gasteiger charge is 2.23. The molecule has 0 saturated heterocycles. The van der Waals surface area contributed by atoms with Crippen LogP contribution in [0.15, 0.2) is 39.7 Å². The highest BCUT2D eigenvalue weighted by atomic mass is 79.9. The monoisotopic (exact) mass is 426 g/mol. The van der Waals surface area contributed by atoms with Crippen molar-refractivity contribution in [2.75, 3.05) is 25.7 Å². The summed E-state index contributed by atoms with van der Waals surface area (Å²) >= 11 is 3.59. The third-order valence-corrected chi connectivity index (χ3v) is 6.08. The summed E-state index contributed by atoms with van der Waals surface area (Å²) in [7, 11) is -0.476. The van der Waals surface area contributed by atoms with E-state index < -0.39 is 10.0 Å². The lowest BCUT2D eigenvalue weighted by Gasteiger charge is -2.21. The number of hydrogen-bond donors (Lipinski definition) is 1. The van der Waals surface area contributed by atoms with Gasteiger partial charge in [0.05, 0.1) is 23.6 Å². The van der Waals surface area contributed by atoms with Gasteiger partial charge >= 0.3 is 0 Å². The topological polar surface area (TPSA) is 81.9 Å². The highest BCUT2D eigenvalue weighted by Crippen LogP contribution is 2.39. The van der Waals surface area contributed by atoms with Crippen molar-refractivity contribution in [2.45, 2.75) is 17.9 Å². The molecule has 0 aliphatic carbocycles. The minimum absolute atomic E-state index is 0.153. The Morgan fingerprint density at radius 3 is 2.60 bits per heavy atom. The molecule has 0 radical (unpaired) electrons. The fourth-order valence-corrected chi connectivity index (χ4v) is 4.22. The summed E-state index contributed by atoms with van der Waals surface area (Å²) in [6.45, 7) is 1.48. The van der Waals surface area contributed by atoms with Crippen LogP contribution in [0.3, 0.4) is 0 Å². The van der Waals surface area contributed by atoms with Gasteiger partial charge in [-0.2, -0.15) is 0 Å². The first-order valence-electron chi connectivity index (χ1n) is 7.65. The Balaban J connectivity index is 1.90. The van der Waals surface area contributed by atoms with E-state index in [-0.39, 0.29) is 4.90 Å². The second-order valence-corrected chi connectivity index (χ2v) is 8.14. The van der Waals surface area contributed by atoms with Gasteiger partial charge < -0.3 is 14.4 Å². The van der Waals surface area contributed by atoms with Gasteiger partial charge in [-0.3, -0.25) is 0 Å². The van der Waals surface area contributed by atoms with Crippen LogP contribution in [-0.4, -0.2) is 29.2 Å². The Morgan fingerprint density at radius 1 is 1.20 bits per heavy atom. The zero-order valence-corrected chi connectivity index (χ0v) is 16.4. The lowest BCUT2D eigenvalue weighted by molar-refractivity contribution is 0.352. The molecule has 3 rings (SSSR count). The van der Waals surface area contributed by atoms with Crippen molar-refractivity contribution >= 4 is 31.6 Å². The molecule has 0 atom stereocenters. The van der Waals surface area contributed by atoms with Crippen molar-refractivity contribution in [2.24, 2.45) is 5.14 Å². The molecule has 8 heteroatoms. The number of halogens is 1. The van der Waals surface area contributed by atoms with E-state index in [1.807, 2.05) is 18.2 Å². The van der Waals surface area contributed by atoms with Gasteiger partial charge in [-0.15, -0.1) is 0 Å². The zero-order valence-electron chi connectivity index (χ0n) is 14.0. The molecule has 1 aliphatic heterocycles. The second-order valence-electron chi connectivity index (χ2n) is 5.78. The van der Waals surface area contributed by atoms with E-state index in [2.05, 4.69) is 20.8 Å². The van der Waals surface area contributed by atoms with Gasteiger partial charge in [-0.05, 0) is 57.7 Å². The molecule has 0 fully saturated rings. The average Bonchev–Trinajstić information content (AvgIpc) is 2.98. The predicted octanol–water partition coefficient (Wildman–Crippen LogP) is 2.68. The standard InChI is InChI=1S/C17H19BrN2O4S/c1-23-15-6-3-12(16(18)17(15)24-2)10-20-8-7-11-9-13(25(19,21)22)4-5-14(11)20/h3-6,9H,7-8,10H2,1-2H3,(H2,19,21,22). The summed E-state index contributed by atoms with van der Waals surface area (Å²) < 4.78 is 34.6. The average molecular weight is 427 g/mol. The van der Waals surface area contributed by atoms with Crippen LogP contribution < -0.4 is 19.5 Å². The molecule has 0 amide bonds. The number of hydrogen-bond acceptors (Lipinski definition) is 5. The van der Waals surface area contributed by atoms with Gasteiger partial charge in [0, 0.05) is 18.8 Å². The van der Waals surface area contributed by atoms with Gasteiger partial charge in [-0.1, -0.05) is 6.07 Å². The minimum atomic E-state index is -3.68. The first-order chi connectivity index (χ1) is 11.8. The van der Waals surface area contributed by atoms with Crippen molar-refractivity contribution in [3.8, 4) is 11.5 Å². The molecule has 134 valence electrons. The van der Waals surface area contributed by atoms with Crippen LogP contribution in [0.4, 0.5) is 5.69 Å². The Hall–Kier alpha value is -1.77. The third-order valence-electron chi connectivity index (χ3n) is 4.30. The molecule has 0 unspecified atom stereocenters. The molecule has 2 aromatic rings. The molecule has 2 aromatic carbocycles. The Morgan fingerprint density at radius 2 is 1.96 bits per heavy atom. The summed E-state index contributed by atoms with van der Waals surface area (Å²) in [4.78, 5) is 2.36. The Kier molecular flexibility index (Phi) is 4.95. The number of nitrogens with zero attached hydrogens (tertiary/aromatic N) is 1. The molecular formula is C17H19BrN2O4S. The highest BCUT2D eigenvalue weighted by molar-refractivity contribution is 9.10. The molecule has 1 aliphatic rings. The number of ether oxygens (including phenoxy) is 2. The molecule has 0 spiro atoms. The van der Waals surface area contributed by atoms with E-state index in [9.17, 15) is 8.42 Å². The summed E-state index contributed by atoms with van der Waals surface area (Å²) in [6, 6.07) is 8.89. The maximum atomic E-state index is 11.5. The lowest BCUT2D eigenvalue weighted by atomic mass is 10.1. The number of fused-ring (bicyclic) bond motifs is 1. The van der Waals surface area contributed by atoms with E-state index >= 15 is 0 Å². The number of benzene rings is 2. The van der Waals surface area contributed by atoms with E-state index in [4.69, 9.17) is 14.6 Å². The summed E-state index contributed by atoms with van der Waals surface area (Å²) in [5.41, 5.74) is 3.07. The molecule has 0 aromatic heterocycles. The molecule has 25 heavy (non-hydrogen) atoms. The van der Waals surface area contributed by atoms with Crippen molar-refractivity contribution in [1.82, 2.24) is 0 Å². The fourth-order valence-electron chi connectivity index (χ4n) is 3.05. The van der Waals surface area contributed by atoms with Crippen molar-refractivity contribution in [3.63, 3.8) is 0 Å². The number of anilines is 1. The van der Waals surface area contributed by atoms with Gasteiger partial charge in [0.2, 0.25) is 10.0 Å². The molecule has 6 nitrogen and oxygen atoms in total. The van der Waals surface area contributed by atoms with Gasteiger partial charge in [0.1, 0.15) is 0 Å². The molecular weight excluding hydrogens is 408 g/mol. The SMILES string of the molecule is COc1ccc(CN2CCc3cc(S(N)(=O)=O)ccc32)c(Br)c1OC. The first-order valence-corrected chi connectivity index (χ1v) is 9.99. The number of primary sulfonamides is 1. The first kappa shape index (κ1) is 18.0. The molecule has 0 bridgehead atoms. The largest absolute Gasteiger partial charge is 0.493 e. The lowest BCUT2D eigenvalue weighted by Crippen LogP contribution is -2.20. The normalized spacial score (nSPS) is 13.7. The number of methoxy groups -OCH3 is 2. The van der Waals surface area contributed by atoms with Crippen LogP contribution in [0.25, 0.3) is 0 Å². The smallest absolute Gasteiger partial charge is 0.238 e. The van der Waals surface area contributed by atoms with E-state index in [1.54, 1.807) is 26.4 Å². The van der Waals surface area contributed by atoms with Crippen molar-refractivity contribution < 1.29 is 17.9 Å². The number of sulfonamides is 1. The molecule has 2 N–H and O–H groups in total. The second kappa shape index (κ2) is 6.86. The summed E-state index contributed by atoms with van der Waals surface area (Å²) in [5.74, 6) is 1.32. The van der Waals surface area contributed by atoms with Crippen LogP contribution in [0.5, 0.6) is 11.5 Å². The minimum Gasteiger partial charge on any atom is -0.493 e.